The summed E-state index contributed by atoms with van der Waals surface area (Å²) in [4.78, 5) is 0. The fraction of sp³-hybridized carbons (Fsp3) is 1.00. The SMILES string of the molecule is CC[C@H](N)C(C)(C)OC. The van der Waals surface area contributed by atoms with Crippen LogP contribution in [-0.2, 0) is 4.74 Å². The van der Waals surface area contributed by atoms with E-state index in [0.717, 1.165) is 6.42 Å². The number of rotatable bonds is 3. The van der Waals surface area contributed by atoms with E-state index in [1.165, 1.54) is 0 Å². The van der Waals surface area contributed by atoms with Crippen LogP contribution in [0.25, 0.3) is 0 Å². The van der Waals surface area contributed by atoms with E-state index in [9.17, 15) is 0 Å². The maximum absolute atomic E-state index is 5.74. The average Bonchev–Trinajstić information content (AvgIpc) is 1.86. The van der Waals surface area contributed by atoms with Gasteiger partial charge in [-0.3, -0.25) is 0 Å². The zero-order valence-corrected chi connectivity index (χ0v) is 6.77. The van der Waals surface area contributed by atoms with Crippen LogP contribution in [0.2, 0.25) is 0 Å². The van der Waals surface area contributed by atoms with Crippen LogP contribution < -0.4 is 5.73 Å². The van der Waals surface area contributed by atoms with Gasteiger partial charge in [0.2, 0.25) is 0 Å². The first kappa shape index (κ1) is 8.92. The highest BCUT2D eigenvalue weighted by Crippen LogP contribution is 2.13. The molecule has 2 heteroatoms. The minimum absolute atomic E-state index is 0.141. The summed E-state index contributed by atoms with van der Waals surface area (Å²) in [5.41, 5.74) is 5.56. The molecule has 0 bridgehead atoms. The van der Waals surface area contributed by atoms with Gasteiger partial charge in [0.1, 0.15) is 0 Å². The quantitative estimate of drug-likeness (QED) is 0.623. The van der Waals surface area contributed by atoms with Gasteiger partial charge in [-0.2, -0.15) is 0 Å². The summed E-state index contributed by atoms with van der Waals surface area (Å²) < 4.78 is 5.17. The Morgan fingerprint density at radius 1 is 1.56 bits per heavy atom. The molecule has 0 saturated heterocycles. The molecule has 0 saturated carbocycles. The van der Waals surface area contributed by atoms with Gasteiger partial charge in [0.05, 0.1) is 5.60 Å². The molecule has 0 rings (SSSR count). The molecule has 0 aromatic rings. The first-order valence-electron chi connectivity index (χ1n) is 3.35. The molecular weight excluding hydrogens is 114 g/mol. The van der Waals surface area contributed by atoms with Gasteiger partial charge < -0.3 is 10.5 Å². The van der Waals surface area contributed by atoms with Crippen LogP contribution in [0.4, 0.5) is 0 Å². The summed E-state index contributed by atoms with van der Waals surface area (Å²) in [6.45, 7) is 6.06. The zero-order valence-electron chi connectivity index (χ0n) is 6.77. The molecule has 0 spiro atoms. The largest absolute Gasteiger partial charge is 0.377 e. The van der Waals surface area contributed by atoms with Crippen molar-refractivity contribution in [3.8, 4) is 0 Å². The van der Waals surface area contributed by atoms with E-state index in [4.69, 9.17) is 10.5 Å². The van der Waals surface area contributed by atoms with E-state index in [2.05, 4.69) is 6.92 Å². The van der Waals surface area contributed by atoms with Gasteiger partial charge in [0.25, 0.3) is 0 Å². The van der Waals surface area contributed by atoms with Crippen LogP contribution >= 0.6 is 0 Å². The Balaban J connectivity index is 3.80. The Morgan fingerprint density at radius 2 is 2.00 bits per heavy atom. The van der Waals surface area contributed by atoms with Crippen molar-refractivity contribution in [3.05, 3.63) is 0 Å². The van der Waals surface area contributed by atoms with E-state index >= 15 is 0 Å². The van der Waals surface area contributed by atoms with Gasteiger partial charge in [0, 0.05) is 13.2 Å². The first-order chi connectivity index (χ1) is 4.04. The Labute approximate surface area is 57.4 Å². The van der Waals surface area contributed by atoms with Crippen LogP contribution in [0.1, 0.15) is 27.2 Å². The summed E-state index contributed by atoms with van der Waals surface area (Å²) >= 11 is 0. The average molecular weight is 131 g/mol. The molecule has 1 atom stereocenters. The molecule has 0 heterocycles. The van der Waals surface area contributed by atoms with Crippen LogP contribution in [0.15, 0.2) is 0 Å². The number of hydrogen-bond acceptors (Lipinski definition) is 2. The van der Waals surface area contributed by atoms with Gasteiger partial charge in [-0.05, 0) is 20.3 Å². The van der Waals surface area contributed by atoms with E-state index in [1.54, 1.807) is 7.11 Å². The third kappa shape index (κ3) is 2.33. The van der Waals surface area contributed by atoms with Crippen LogP contribution in [0.5, 0.6) is 0 Å². The predicted molar refractivity (Wildman–Crippen MR) is 39.4 cm³/mol. The molecule has 0 aliphatic rings. The normalized spacial score (nSPS) is 15.7. The van der Waals surface area contributed by atoms with Gasteiger partial charge in [-0.1, -0.05) is 6.92 Å². The van der Waals surface area contributed by atoms with Crippen molar-refractivity contribution in [2.24, 2.45) is 5.73 Å². The standard InChI is InChI=1S/C7H17NO/c1-5-6(8)7(2,3)9-4/h6H,5,8H2,1-4H3/t6-/m0/s1. The zero-order chi connectivity index (χ0) is 7.49. The minimum Gasteiger partial charge on any atom is -0.377 e. The molecule has 0 aromatic heterocycles. The third-order valence-corrected chi connectivity index (χ3v) is 1.86. The Kier molecular flexibility index (Phi) is 3.15. The lowest BCUT2D eigenvalue weighted by Gasteiger charge is -2.28. The highest BCUT2D eigenvalue weighted by Gasteiger charge is 2.23. The summed E-state index contributed by atoms with van der Waals surface area (Å²) in [7, 11) is 1.69. The van der Waals surface area contributed by atoms with Gasteiger partial charge >= 0.3 is 0 Å². The Bertz CT molecular complexity index is 81.0. The second-order valence-corrected chi connectivity index (χ2v) is 2.82. The van der Waals surface area contributed by atoms with Crippen LogP contribution in [0, 0.1) is 0 Å². The monoisotopic (exact) mass is 131 g/mol. The lowest BCUT2D eigenvalue weighted by atomic mass is 9.97. The lowest BCUT2D eigenvalue weighted by molar-refractivity contribution is -0.000186. The summed E-state index contributed by atoms with van der Waals surface area (Å²) in [6, 6.07) is 0.141. The number of methoxy groups -OCH3 is 1. The molecule has 56 valence electrons. The predicted octanol–water partition coefficient (Wildman–Crippen LogP) is 1.15. The molecular formula is C7H17NO. The minimum atomic E-state index is -0.172. The van der Waals surface area contributed by atoms with Crippen LogP contribution in [0.3, 0.4) is 0 Å². The second-order valence-electron chi connectivity index (χ2n) is 2.82. The van der Waals surface area contributed by atoms with Crippen molar-refractivity contribution in [2.45, 2.75) is 38.8 Å². The Hall–Kier alpha value is -0.0800. The number of hydrogen-bond donors (Lipinski definition) is 1. The molecule has 2 N–H and O–H groups in total. The van der Waals surface area contributed by atoms with Crippen molar-refractivity contribution in [1.82, 2.24) is 0 Å². The highest BCUT2D eigenvalue weighted by atomic mass is 16.5. The summed E-state index contributed by atoms with van der Waals surface area (Å²) in [5.74, 6) is 0. The third-order valence-electron chi connectivity index (χ3n) is 1.86. The van der Waals surface area contributed by atoms with E-state index in [1.807, 2.05) is 13.8 Å². The van der Waals surface area contributed by atoms with Gasteiger partial charge in [0.15, 0.2) is 0 Å². The van der Waals surface area contributed by atoms with Crippen molar-refractivity contribution in [3.63, 3.8) is 0 Å². The van der Waals surface area contributed by atoms with Gasteiger partial charge in [-0.15, -0.1) is 0 Å². The molecule has 0 unspecified atom stereocenters. The van der Waals surface area contributed by atoms with E-state index in [0.29, 0.717) is 0 Å². The fourth-order valence-corrected chi connectivity index (χ4v) is 0.643. The van der Waals surface area contributed by atoms with E-state index in [-0.39, 0.29) is 11.6 Å². The molecule has 0 radical (unpaired) electrons. The first-order valence-corrected chi connectivity index (χ1v) is 3.35. The van der Waals surface area contributed by atoms with E-state index < -0.39 is 0 Å². The highest BCUT2D eigenvalue weighted by molar-refractivity contribution is 4.80. The molecule has 0 aliphatic carbocycles. The number of nitrogens with two attached hydrogens (primary N) is 1. The maximum atomic E-state index is 5.74. The lowest BCUT2D eigenvalue weighted by Crippen LogP contribution is -2.43. The van der Waals surface area contributed by atoms with Crippen molar-refractivity contribution in [2.75, 3.05) is 7.11 Å². The molecule has 9 heavy (non-hydrogen) atoms. The van der Waals surface area contributed by atoms with Gasteiger partial charge in [-0.25, -0.2) is 0 Å². The Morgan fingerprint density at radius 3 is 2.11 bits per heavy atom. The molecule has 0 aliphatic heterocycles. The molecule has 0 aromatic carbocycles. The second kappa shape index (κ2) is 3.18. The molecule has 0 amide bonds. The van der Waals surface area contributed by atoms with Crippen molar-refractivity contribution >= 4 is 0 Å². The number of ether oxygens (including phenoxy) is 1. The topological polar surface area (TPSA) is 35.2 Å². The molecule has 0 fully saturated rings. The van der Waals surface area contributed by atoms with Crippen LogP contribution in [-0.4, -0.2) is 18.8 Å². The summed E-state index contributed by atoms with van der Waals surface area (Å²) in [6.07, 6.45) is 0.959. The molecule has 2 nitrogen and oxygen atoms in total. The smallest absolute Gasteiger partial charge is 0.0772 e. The summed E-state index contributed by atoms with van der Waals surface area (Å²) in [5, 5.41) is 0. The fourth-order valence-electron chi connectivity index (χ4n) is 0.643. The van der Waals surface area contributed by atoms with Crippen molar-refractivity contribution < 1.29 is 4.74 Å². The maximum Gasteiger partial charge on any atom is 0.0772 e. The van der Waals surface area contributed by atoms with Crippen molar-refractivity contribution in [1.29, 1.82) is 0 Å².